The SMILES string of the molecule is O=C(c1ccc2c(c1)OCCO2)N1CCn2cccc2C1c1ccccc1. The van der Waals surface area contributed by atoms with Crippen molar-refractivity contribution in [2.24, 2.45) is 0 Å². The fourth-order valence-electron chi connectivity index (χ4n) is 3.93. The van der Waals surface area contributed by atoms with Gasteiger partial charge >= 0.3 is 0 Å². The lowest BCUT2D eigenvalue weighted by molar-refractivity contribution is 0.0663. The van der Waals surface area contributed by atoms with Crippen molar-refractivity contribution in [2.75, 3.05) is 19.8 Å². The number of aromatic nitrogens is 1. The number of carbonyl (C=O) groups is 1. The summed E-state index contributed by atoms with van der Waals surface area (Å²) in [4.78, 5) is 15.4. The van der Waals surface area contributed by atoms with Crippen molar-refractivity contribution in [1.29, 1.82) is 0 Å². The third-order valence-corrected chi connectivity index (χ3v) is 5.20. The molecule has 3 aromatic rings. The Labute approximate surface area is 157 Å². The number of ether oxygens (including phenoxy) is 2. The first-order valence-electron chi connectivity index (χ1n) is 9.22. The second-order valence-electron chi connectivity index (χ2n) is 6.80. The molecule has 5 heteroatoms. The van der Waals surface area contributed by atoms with Crippen LogP contribution < -0.4 is 9.47 Å². The van der Waals surface area contributed by atoms with Crippen molar-refractivity contribution in [1.82, 2.24) is 9.47 Å². The molecule has 0 N–H and O–H groups in total. The van der Waals surface area contributed by atoms with Crippen molar-refractivity contribution in [3.63, 3.8) is 0 Å². The molecule has 5 nitrogen and oxygen atoms in total. The van der Waals surface area contributed by atoms with E-state index in [4.69, 9.17) is 9.47 Å². The van der Waals surface area contributed by atoms with Crippen molar-refractivity contribution in [3.05, 3.63) is 83.7 Å². The van der Waals surface area contributed by atoms with E-state index >= 15 is 0 Å². The summed E-state index contributed by atoms with van der Waals surface area (Å²) in [6.45, 7) is 2.50. The highest BCUT2D eigenvalue weighted by atomic mass is 16.6. The van der Waals surface area contributed by atoms with Gasteiger partial charge in [-0.3, -0.25) is 4.79 Å². The summed E-state index contributed by atoms with van der Waals surface area (Å²) in [5, 5.41) is 0. The number of benzene rings is 2. The molecule has 0 fully saturated rings. The van der Waals surface area contributed by atoms with E-state index in [1.54, 1.807) is 6.07 Å². The lowest BCUT2D eigenvalue weighted by Gasteiger charge is -2.37. The van der Waals surface area contributed by atoms with E-state index in [-0.39, 0.29) is 11.9 Å². The minimum Gasteiger partial charge on any atom is -0.486 e. The molecule has 1 atom stereocenters. The lowest BCUT2D eigenvalue weighted by atomic mass is 9.99. The number of fused-ring (bicyclic) bond motifs is 2. The fourth-order valence-corrected chi connectivity index (χ4v) is 3.93. The summed E-state index contributed by atoms with van der Waals surface area (Å²) in [6, 6.07) is 19.7. The molecule has 0 spiro atoms. The maximum Gasteiger partial charge on any atom is 0.254 e. The van der Waals surface area contributed by atoms with Crippen molar-refractivity contribution >= 4 is 5.91 Å². The summed E-state index contributed by atoms with van der Waals surface area (Å²) in [6.07, 6.45) is 2.08. The van der Waals surface area contributed by atoms with Crippen LogP contribution in [0.1, 0.15) is 27.7 Å². The minimum absolute atomic E-state index is 0.00766. The van der Waals surface area contributed by atoms with E-state index in [2.05, 4.69) is 29.0 Å². The molecule has 1 amide bonds. The van der Waals surface area contributed by atoms with E-state index in [0.29, 0.717) is 36.8 Å². The molecule has 0 saturated carbocycles. The van der Waals surface area contributed by atoms with Crippen LogP contribution in [0.2, 0.25) is 0 Å². The second kappa shape index (κ2) is 6.50. The van der Waals surface area contributed by atoms with E-state index in [1.807, 2.05) is 41.3 Å². The number of carbonyl (C=O) groups excluding carboxylic acids is 1. The van der Waals surface area contributed by atoms with Gasteiger partial charge in [-0.1, -0.05) is 30.3 Å². The van der Waals surface area contributed by atoms with Crippen LogP contribution in [0.4, 0.5) is 0 Å². The third-order valence-electron chi connectivity index (χ3n) is 5.20. The number of amides is 1. The van der Waals surface area contributed by atoms with Crippen LogP contribution in [0.25, 0.3) is 0 Å². The van der Waals surface area contributed by atoms with Crippen LogP contribution in [0.3, 0.4) is 0 Å². The van der Waals surface area contributed by atoms with Gasteiger partial charge in [0.15, 0.2) is 11.5 Å². The van der Waals surface area contributed by atoms with Crippen LogP contribution in [-0.2, 0) is 6.54 Å². The van der Waals surface area contributed by atoms with E-state index in [0.717, 1.165) is 17.8 Å². The number of nitrogens with zero attached hydrogens (tertiary/aromatic N) is 2. The first kappa shape index (κ1) is 16.0. The second-order valence-corrected chi connectivity index (χ2v) is 6.80. The number of rotatable bonds is 2. The normalized spacial score (nSPS) is 18.1. The predicted molar refractivity (Wildman–Crippen MR) is 101 cm³/mol. The zero-order valence-electron chi connectivity index (χ0n) is 14.9. The summed E-state index contributed by atoms with van der Waals surface area (Å²) in [5.74, 6) is 1.35. The largest absolute Gasteiger partial charge is 0.486 e. The number of hydrogen-bond acceptors (Lipinski definition) is 3. The van der Waals surface area contributed by atoms with Gasteiger partial charge in [-0.05, 0) is 35.9 Å². The highest BCUT2D eigenvalue weighted by molar-refractivity contribution is 5.95. The maximum atomic E-state index is 13.4. The first-order chi connectivity index (χ1) is 13.3. The Bertz CT molecular complexity index is 980. The van der Waals surface area contributed by atoms with Crippen LogP contribution in [0, 0.1) is 0 Å². The Kier molecular flexibility index (Phi) is 3.85. The Morgan fingerprint density at radius 2 is 1.70 bits per heavy atom. The van der Waals surface area contributed by atoms with Gasteiger partial charge < -0.3 is 18.9 Å². The zero-order chi connectivity index (χ0) is 18.2. The highest BCUT2D eigenvalue weighted by Crippen LogP contribution is 2.35. The van der Waals surface area contributed by atoms with Gasteiger partial charge in [-0.25, -0.2) is 0 Å². The molecule has 0 aliphatic carbocycles. The molecule has 3 heterocycles. The van der Waals surface area contributed by atoms with Crippen LogP contribution in [0.15, 0.2) is 66.9 Å². The van der Waals surface area contributed by atoms with Crippen LogP contribution >= 0.6 is 0 Å². The smallest absolute Gasteiger partial charge is 0.254 e. The molecule has 27 heavy (non-hydrogen) atoms. The van der Waals surface area contributed by atoms with Gasteiger partial charge in [0.1, 0.15) is 13.2 Å². The van der Waals surface area contributed by atoms with E-state index in [1.165, 1.54) is 0 Å². The van der Waals surface area contributed by atoms with Gasteiger partial charge in [0.25, 0.3) is 5.91 Å². The first-order valence-corrected chi connectivity index (χ1v) is 9.22. The van der Waals surface area contributed by atoms with Gasteiger partial charge in [0.2, 0.25) is 0 Å². The topological polar surface area (TPSA) is 43.7 Å². The van der Waals surface area contributed by atoms with Gasteiger partial charge in [0.05, 0.1) is 6.04 Å². The molecular weight excluding hydrogens is 340 g/mol. The molecule has 0 saturated heterocycles. The van der Waals surface area contributed by atoms with Crippen LogP contribution in [-0.4, -0.2) is 35.1 Å². The minimum atomic E-state index is -0.101. The van der Waals surface area contributed by atoms with Gasteiger partial charge in [-0.15, -0.1) is 0 Å². The Morgan fingerprint density at radius 1 is 0.889 bits per heavy atom. The molecule has 0 bridgehead atoms. The Hall–Kier alpha value is -3.21. The van der Waals surface area contributed by atoms with E-state index in [9.17, 15) is 4.79 Å². The summed E-state index contributed by atoms with van der Waals surface area (Å²) in [7, 11) is 0. The Balaban J connectivity index is 1.54. The van der Waals surface area contributed by atoms with Gasteiger partial charge in [0, 0.05) is 30.5 Å². The van der Waals surface area contributed by atoms with Gasteiger partial charge in [-0.2, -0.15) is 0 Å². The molecule has 2 aliphatic rings. The number of hydrogen-bond donors (Lipinski definition) is 0. The Morgan fingerprint density at radius 3 is 2.56 bits per heavy atom. The van der Waals surface area contributed by atoms with Crippen LogP contribution in [0.5, 0.6) is 11.5 Å². The van der Waals surface area contributed by atoms with E-state index < -0.39 is 0 Å². The van der Waals surface area contributed by atoms with Crippen molar-refractivity contribution < 1.29 is 14.3 Å². The van der Waals surface area contributed by atoms with Crippen molar-refractivity contribution in [3.8, 4) is 11.5 Å². The average molecular weight is 360 g/mol. The molecule has 136 valence electrons. The molecule has 0 radical (unpaired) electrons. The molecule has 5 rings (SSSR count). The van der Waals surface area contributed by atoms with Crippen molar-refractivity contribution in [2.45, 2.75) is 12.6 Å². The lowest BCUT2D eigenvalue weighted by Crippen LogP contribution is -2.42. The quantitative estimate of drug-likeness (QED) is 0.702. The summed E-state index contributed by atoms with van der Waals surface area (Å²) in [5.41, 5.74) is 2.88. The highest BCUT2D eigenvalue weighted by Gasteiger charge is 2.33. The standard InChI is InChI=1S/C22H20N2O3/c25-22(17-8-9-19-20(15-17)27-14-13-26-19)24-12-11-23-10-4-7-18(23)21(24)16-5-2-1-3-6-16/h1-10,15,21H,11-14H2. The summed E-state index contributed by atoms with van der Waals surface area (Å²) < 4.78 is 13.5. The molecule has 1 aromatic heterocycles. The summed E-state index contributed by atoms with van der Waals surface area (Å²) >= 11 is 0. The average Bonchev–Trinajstić information content (AvgIpc) is 3.21. The fraction of sp³-hybridized carbons (Fsp3) is 0.227. The molecule has 2 aliphatic heterocycles. The zero-order valence-corrected chi connectivity index (χ0v) is 14.9. The monoisotopic (exact) mass is 360 g/mol. The maximum absolute atomic E-state index is 13.4. The third kappa shape index (κ3) is 2.76. The molecular formula is C22H20N2O3. The predicted octanol–water partition coefficient (Wildman–Crippen LogP) is 3.50. The molecule has 2 aromatic carbocycles. The molecule has 1 unspecified atom stereocenters.